The highest BCUT2D eigenvalue weighted by Crippen LogP contribution is 2.31. The Hall–Kier alpha value is -3.74. The molecule has 1 unspecified atom stereocenters. The van der Waals surface area contributed by atoms with Crippen LogP contribution in [0.4, 0.5) is 5.95 Å². The van der Waals surface area contributed by atoms with Gasteiger partial charge in [0.05, 0.1) is 29.1 Å². The van der Waals surface area contributed by atoms with Crippen molar-refractivity contribution in [3.8, 4) is 17.0 Å². The van der Waals surface area contributed by atoms with Crippen LogP contribution in [0.3, 0.4) is 0 Å². The van der Waals surface area contributed by atoms with Gasteiger partial charge in [-0.1, -0.05) is 24.3 Å². The number of hydrogen-bond acceptors (Lipinski definition) is 6. The lowest BCUT2D eigenvalue weighted by molar-refractivity contribution is 0.258. The first-order chi connectivity index (χ1) is 13.7. The molecule has 3 N–H and O–H groups in total. The van der Waals surface area contributed by atoms with Crippen molar-refractivity contribution in [3.05, 3.63) is 76.5 Å². The molecule has 5 rings (SSSR count). The molecule has 0 amide bonds. The van der Waals surface area contributed by atoms with Crippen molar-refractivity contribution in [2.24, 2.45) is 0 Å². The van der Waals surface area contributed by atoms with Gasteiger partial charge in [0.2, 0.25) is 5.95 Å². The number of fused-ring (bicyclic) bond motifs is 2. The molecule has 1 aliphatic heterocycles. The van der Waals surface area contributed by atoms with E-state index in [-0.39, 0.29) is 17.4 Å². The lowest BCUT2D eigenvalue weighted by atomic mass is 9.96. The molecule has 0 bridgehead atoms. The van der Waals surface area contributed by atoms with Crippen molar-refractivity contribution >= 4 is 16.9 Å². The number of rotatable bonds is 2. The van der Waals surface area contributed by atoms with Crippen LogP contribution in [-0.4, -0.2) is 26.5 Å². The van der Waals surface area contributed by atoms with Gasteiger partial charge in [-0.25, -0.2) is 15.0 Å². The summed E-state index contributed by atoms with van der Waals surface area (Å²) >= 11 is 0. The Balaban J connectivity index is 1.53. The maximum Gasteiger partial charge on any atom is 0.258 e. The molecule has 0 radical (unpaired) electrons. The number of aromatic amines is 1. The molecule has 0 aliphatic carbocycles. The standard InChI is InChI=1S/C21H17N5O2/c22-21-23-8-7-16(25-21)12-5-6-17-15(10-12)20(27)26-19(24-17)14-9-13-3-1-2-4-18(13)28-11-14/h1-8,10,14H,9,11H2,(H2,22,23,25)(H,24,26,27). The van der Waals surface area contributed by atoms with E-state index in [1.54, 1.807) is 18.3 Å². The van der Waals surface area contributed by atoms with Gasteiger partial charge in [0, 0.05) is 11.8 Å². The Morgan fingerprint density at radius 2 is 2.00 bits per heavy atom. The van der Waals surface area contributed by atoms with Gasteiger partial charge in [0.25, 0.3) is 5.56 Å². The molecule has 7 nitrogen and oxygen atoms in total. The van der Waals surface area contributed by atoms with Crippen LogP contribution in [0.2, 0.25) is 0 Å². The summed E-state index contributed by atoms with van der Waals surface area (Å²) in [5.74, 6) is 1.74. The average molecular weight is 371 g/mol. The van der Waals surface area contributed by atoms with E-state index in [0.717, 1.165) is 23.3 Å². The maximum atomic E-state index is 12.7. The summed E-state index contributed by atoms with van der Waals surface area (Å²) in [6, 6.07) is 15.2. The highest BCUT2D eigenvalue weighted by molar-refractivity contribution is 5.83. The molecular weight excluding hydrogens is 354 g/mol. The molecule has 0 saturated carbocycles. The number of para-hydroxylation sites is 1. The van der Waals surface area contributed by atoms with E-state index in [4.69, 9.17) is 15.5 Å². The molecule has 0 fully saturated rings. The second-order valence-corrected chi connectivity index (χ2v) is 6.80. The zero-order valence-corrected chi connectivity index (χ0v) is 14.9. The predicted octanol–water partition coefficient (Wildman–Crippen LogP) is 2.68. The Bertz CT molecular complexity index is 1250. The third-order valence-corrected chi connectivity index (χ3v) is 4.96. The van der Waals surface area contributed by atoms with E-state index >= 15 is 0 Å². The van der Waals surface area contributed by atoms with Crippen molar-refractivity contribution in [3.63, 3.8) is 0 Å². The fourth-order valence-electron chi connectivity index (χ4n) is 3.55. The highest BCUT2D eigenvalue weighted by Gasteiger charge is 2.23. The summed E-state index contributed by atoms with van der Waals surface area (Å²) in [7, 11) is 0. The van der Waals surface area contributed by atoms with Crippen LogP contribution in [0, 0.1) is 0 Å². The van der Waals surface area contributed by atoms with Crippen molar-refractivity contribution < 1.29 is 4.74 Å². The molecule has 28 heavy (non-hydrogen) atoms. The number of nitrogens with two attached hydrogens (primary N) is 1. The first-order valence-corrected chi connectivity index (χ1v) is 9.01. The van der Waals surface area contributed by atoms with Gasteiger partial charge >= 0.3 is 0 Å². The molecule has 1 atom stereocenters. The molecule has 0 spiro atoms. The third-order valence-electron chi connectivity index (χ3n) is 4.96. The monoisotopic (exact) mass is 371 g/mol. The van der Waals surface area contributed by atoms with Crippen LogP contribution in [0.1, 0.15) is 17.3 Å². The minimum atomic E-state index is -0.178. The molecule has 2 aromatic heterocycles. The van der Waals surface area contributed by atoms with Gasteiger partial charge in [0.15, 0.2) is 0 Å². The number of nitrogens with zero attached hydrogens (tertiary/aromatic N) is 3. The van der Waals surface area contributed by atoms with E-state index in [0.29, 0.717) is 29.0 Å². The molecule has 0 saturated heterocycles. The van der Waals surface area contributed by atoms with Crippen LogP contribution in [0.15, 0.2) is 59.5 Å². The quantitative estimate of drug-likeness (QED) is 0.561. The summed E-state index contributed by atoms with van der Waals surface area (Å²) in [6.07, 6.45) is 2.37. The van der Waals surface area contributed by atoms with E-state index in [1.165, 1.54) is 0 Å². The molecule has 138 valence electrons. The van der Waals surface area contributed by atoms with Gasteiger partial charge in [-0.2, -0.15) is 0 Å². The Labute approximate surface area is 160 Å². The molecule has 3 heterocycles. The first-order valence-electron chi connectivity index (χ1n) is 9.01. The van der Waals surface area contributed by atoms with Crippen molar-refractivity contribution in [2.45, 2.75) is 12.3 Å². The first kappa shape index (κ1) is 16.4. The third kappa shape index (κ3) is 2.87. The zero-order chi connectivity index (χ0) is 19.1. The minimum Gasteiger partial charge on any atom is -0.493 e. The fourth-order valence-corrected chi connectivity index (χ4v) is 3.55. The lowest BCUT2D eigenvalue weighted by Crippen LogP contribution is -2.24. The minimum absolute atomic E-state index is 0.00772. The Kier molecular flexibility index (Phi) is 3.79. The van der Waals surface area contributed by atoms with Gasteiger partial charge < -0.3 is 15.5 Å². The van der Waals surface area contributed by atoms with Crippen LogP contribution >= 0.6 is 0 Å². The van der Waals surface area contributed by atoms with Gasteiger partial charge in [-0.15, -0.1) is 0 Å². The topological polar surface area (TPSA) is 107 Å². The van der Waals surface area contributed by atoms with E-state index in [2.05, 4.69) is 15.0 Å². The zero-order valence-electron chi connectivity index (χ0n) is 14.9. The van der Waals surface area contributed by atoms with E-state index in [1.807, 2.05) is 36.4 Å². The summed E-state index contributed by atoms with van der Waals surface area (Å²) in [5.41, 5.74) is 8.70. The molecular formula is C21H17N5O2. The number of hydrogen-bond donors (Lipinski definition) is 2. The number of nitrogens with one attached hydrogen (secondary N) is 1. The lowest BCUT2D eigenvalue weighted by Gasteiger charge is -2.24. The predicted molar refractivity (Wildman–Crippen MR) is 106 cm³/mol. The normalized spacial score (nSPS) is 15.8. The molecule has 4 aromatic rings. The SMILES string of the molecule is Nc1nccc(-c2ccc3nc(C4COc5ccccc5C4)[nH]c(=O)c3c2)n1. The summed E-state index contributed by atoms with van der Waals surface area (Å²) in [6.45, 7) is 0.490. The van der Waals surface area contributed by atoms with Crippen molar-refractivity contribution in [2.75, 3.05) is 12.3 Å². The number of nitrogen functional groups attached to an aromatic ring is 1. The van der Waals surface area contributed by atoms with Crippen LogP contribution in [0.5, 0.6) is 5.75 Å². The largest absolute Gasteiger partial charge is 0.493 e. The summed E-state index contributed by atoms with van der Waals surface area (Å²) < 4.78 is 5.84. The van der Waals surface area contributed by atoms with E-state index in [9.17, 15) is 4.79 Å². The molecule has 7 heteroatoms. The number of benzene rings is 2. The van der Waals surface area contributed by atoms with Gasteiger partial charge in [0.1, 0.15) is 11.6 Å². The second-order valence-electron chi connectivity index (χ2n) is 6.80. The summed E-state index contributed by atoms with van der Waals surface area (Å²) in [5, 5.41) is 0.510. The van der Waals surface area contributed by atoms with Gasteiger partial charge in [-0.3, -0.25) is 4.79 Å². The number of aromatic nitrogens is 4. The van der Waals surface area contributed by atoms with Crippen LogP contribution in [-0.2, 0) is 6.42 Å². The van der Waals surface area contributed by atoms with Gasteiger partial charge in [-0.05, 0) is 36.2 Å². The maximum absolute atomic E-state index is 12.7. The van der Waals surface area contributed by atoms with Crippen molar-refractivity contribution in [1.29, 1.82) is 0 Å². The smallest absolute Gasteiger partial charge is 0.258 e. The fraction of sp³-hybridized carbons (Fsp3) is 0.143. The molecule has 1 aliphatic rings. The number of anilines is 1. The Morgan fingerprint density at radius 3 is 2.89 bits per heavy atom. The van der Waals surface area contributed by atoms with Crippen LogP contribution < -0.4 is 16.0 Å². The Morgan fingerprint density at radius 1 is 1.11 bits per heavy atom. The van der Waals surface area contributed by atoms with E-state index < -0.39 is 0 Å². The van der Waals surface area contributed by atoms with Crippen LogP contribution in [0.25, 0.3) is 22.2 Å². The number of ether oxygens (including phenoxy) is 1. The van der Waals surface area contributed by atoms with Crippen molar-refractivity contribution in [1.82, 2.24) is 19.9 Å². The number of H-pyrrole nitrogens is 1. The second kappa shape index (κ2) is 6.45. The molecule has 2 aromatic carbocycles. The highest BCUT2D eigenvalue weighted by atomic mass is 16.5. The average Bonchev–Trinajstić information content (AvgIpc) is 2.73. The summed E-state index contributed by atoms with van der Waals surface area (Å²) in [4.78, 5) is 28.5.